The largest absolute Gasteiger partial charge is 0.305 e. The van der Waals surface area contributed by atoms with Gasteiger partial charge in [-0.3, -0.25) is 15.0 Å². The zero-order valence-electron chi connectivity index (χ0n) is 11.9. The van der Waals surface area contributed by atoms with Gasteiger partial charge in [0.25, 0.3) is 5.69 Å². The lowest BCUT2D eigenvalue weighted by atomic mass is 10.1. The van der Waals surface area contributed by atoms with Crippen LogP contribution in [0.2, 0.25) is 5.02 Å². The first kappa shape index (κ1) is 15.2. The molecule has 5 nitrogen and oxygen atoms in total. The van der Waals surface area contributed by atoms with Gasteiger partial charge >= 0.3 is 0 Å². The summed E-state index contributed by atoms with van der Waals surface area (Å²) in [6, 6.07) is 5.52. The van der Waals surface area contributed by atoms with Crippen molar-refractivity contribution in [3.05, 3.63) is 38.9 Å². The Labute approximate surface area is 124 Å². The first-order valence-corrected chi connectivity index (χ1v) is 7.20. The van der Waals surface area contributed by atoms with Crippen LogP contribution in [0.4, 0.5) is 5.69 Å². The maximum atomic E-state index is 10.9. The summed E-state index contributed by atoms with van der Waals surface area (Å²) in [5.41, 5.74) is 0.932. The first-order chi connectivity index (χ1) is 9.47. The second-order valence-corrected chi connectivity index (χ2v) is 5.89. The fourth-order valence-electron chi connectivity index (χ4n) is 2.69. The Hall–Kier alpha value is -1.17. The van der Waals surface area contributed by atoms with Crippen LogP contribution in [0.25, 0.3) is 0 Å². The molecule has 1 unspecified atom stereocenters. The second kappa shape index (κ2) is 6.52. The van der Waals surface area contributed by atoms with E-state index in [1.54, 1.807) is 12.1 Å². The third-order valence-electron chi connectivity index (χ3n) is 3.78. The van der Waals surface area contributed by atoms with Gasteiger partial charge < -0.3 is 4.90 Å². The molecule has 1 atom stereocenters. The van der Waals surface area contributed by atoms with Crippen LogP contribution in [0.1, 0.15) is 18.9 Å². The number of hydrogen-bond donors (Lipinski definition) is 0. The van der Waals surface area contributed by atoms with E-state index in [1.807, 2.05) is 6.07 Å². The van der Waals surface area contributed by atoms with Crippen molar-refractivity contribution in [1.82, 2.24) is 9.80 Å². The average molecular weight is 298 g/mol. The highest BCUT2D eigenvalue weighted by atomic mass is 35.5. The number of hydrogen-bond acceptors (Lipinski definition) is 4. The minimum Gasteiger partial charge on any atom is -0.305 e. The van der Waals surface area contributed by atoms with Crippen LogP contribution in [0.5, 0.6) is 0 Å². The summed E-state index contributed by atoms with van der Waals surface area (Å²) in [6.45, 7) is 6.07. The number of nitro benzene ring substituents is 1. The van der Waals surface area contributed by atoms with Gasteiger partial charge in [0.05, 0.1) is 4.92 Å². The lowest BCUT2D eigenvalue weighted by molar-refractivity contribution is -0.384. The molecule has 1 fully saturated rings. The van der Waals surface area contributed by atoms with Crippen LogP contribution >= 0.6 is 11.6 Å². The Morgan fingerprint density at radius 2 is 2.20 bits per heavy atom. The van der Waals surface area contributed by atoms with Crippen molar-refractivity contribution in [3.63, 3.8) is 0 Å². The minimum atomic E-state index is -0.425. The molecule has 0 aliphatic carbocycles. The quantitative estimate of drug-likeness (QED) is 0.636. The van der Waals surface area contributed by atoms with Crippen molar-refractivity contribution < 1.29 is 4.92 Å². The zero-order chi connectivity index (χ0) is 14.7. The van der Waals surface area contributed by atoms with Crippen LogP contribution < -0.4 is 0 Å². The fraction of sp³-hybridized carbons (Fsp3) is 0.571. The van der Waals surface area contributed by atoms with Crippen molar-refractivity contribution in [2.24, 2.45) is 0 Å². The van der Waals surface area contributed by atoms with E-state index < -0.39 is 4.92 Å². The second-order valence-electron chi connectivity index (χ2n) is 5.48. The predicted octanol–water partition coefficient (Wildman–Crippen LogP) is 2.77. The highest BCUT2D eigenvalue weighted by Crippen LogP contribution is 2.26. The van der Waals surface area contributed by atoms with Crippen LogP contribution in [-0.4, -0.2) is 47.4 Å². The lowest BCUT2D eigenvalue weighted by Crippen LogP contribution is -2.37. The molecule has 0 amide bonds. The summed E-state index contributed by atoms with van der Waals surface area (Å²) in [6.07, 6.45) is 1.12. The molecule has 0 bridgehead atoms. The third-order valence-corrected chi connectivity index (χ3v) is 4.10. The Balaban J connectivity index is 2.13. The Bertz CT molecular complexity index is 495. The molecule has 1 saturated heterocycles. The molecule has 0 spiro atoms. The van der Waals surface area contributed by atoms with Crippen LogP contribution in [0.3, 0.4) is 0 Å². The van der Waals surface area contributed by atoms with E-state index in [-0.39, 0.29) is 10.7 Å². The molecule has 0 N–H and O–H groups in total. The van der Waals surface area contributed by atoms with Crippen molar-refractivity contribution >= 4 is 17.3 Å². The first-order valence-electron chi connectivity index (χ1n) is 6.83. The monoisotopic (exact) mass is 297 g/mol. The van der Waals surface area contributed by atoms with E-state index in [0.29, 0.717) is 6.04 Å². The third kappa shape index (κ3) is 3.69. The topological polar surface area (TPSA) is 49.6 Å². The maximum absolute atomic E-state index is 10.9. The number of nitro groups is 1. The summed E-state index contributed by atoms with van der Waals surface area (Å²) in [5, 5.41) is 11.1. The number of nitrogens with zero attached hydrogens (tertiary/aromatic N) is 3. The van der Waals surface area contributed by atoms with E-state index in [2.05, 4.69) is 23.8 Å². The smallest absolute Gasteiger partial charge is 0.288 e. The van der Waals surface area contributed by atoms with Gasteiger partial charge in [0, 0.05) is 31.7 Å². The molecular weight excluding hydrogens is 278 g/mol. The predicted molar refractivity (Wildman–Crippen MR) is 80.1 cm³/mol. The molecular formula is C14H20ClN3O2. The molecule has 1 aliphatic heterocycles. The van der Waals surface area contributed by atoms with E-state index in [9.17, 15) is 10.1 Å². The van der Waals surface area contributed by atoms with Gasteiger partial charge in [0.2, 0.25) is 0 Å². The van der Waals surface area contributed by atoms with Gasteiger partial charge in [-0.1, -0.05) is 17.7 Å². The minimum absolute atomic E-state index is 0.0104. The Morgan fingerprint density at radius 3 is 2.90 bits per heavy atom. The van der Waals surface area contributed by atoms with Gasteiger partial charge in [-0.25, -0.2) is 0 Å². The van der Waals surface area contributed by atoms with Gasteiger partial charge in [0.1, 0.15) is 5.02 Å². The average Bonchev–Trinajstić information content (AvgIpc) is 2.53. The molecule has 1 aliphatic rings. The van der Waals surface area contributed by atoms with Gasteiger partial charge in [-0.2, -0.15) is 0 Å². The standard InChI is InChI=1S/C14H20ClN3O2/c1-11-9-16(2)6-3-7-17(11)10-12-4-5-13(15)14(8-12)18(19)20/h4-5,8,11H,3,6-7,9-10H2,1-2H3. The highest BCUT2D eigenvalue weighted by molar-refractivity contribution is 6.32. The molecule has 0 radical (unpaired) electrons. The summed E-state index contributed by atoms with van der Waals surface area (Å²) in [7, 11) is 2.13. The van der Waals surface area contributed by atoms with Crippen molar-refractivity contribution in [2.75, 3.05) is 26.7 Å². The molecule has 1 aromatic rings. The van der Waals surface area contributed by atoms with Crippen molar-refractivity contribution in [3.8, 4) is 0 Å². The number of rotatable bonds is 3. The normalized spacial score (nSPS) is 21.6. The molecule has 1 heterocycles. The van der Waals surface area contributed by atoms with E-state index >= 15 is 0 Å². The van der Waals surface area contributed by atoms with E-state index in [1.165, 1.54) is 0 Å². The molecule has 2 rings (SSSR count). The summed E-state index contributed by atoms with van der Waals surface area (Å²) >= 11 is 5.85. The van der Waals surface area contributed by atoms with Crippen LogP contribution in [0, 0.1) is 10.1 Å². The van der Waals surface area contributed by atoms with Gasteiger partial charge in [-0.05, 0) is 38.6 Å². The molecule has 110 valence electrons. The number of benzene rings is 1. The highest BCUT2D eigenvalue weighted by Gasteiger charge is 2.21. The number of likely N-dealkylation sites (N-methyl/N-ethyl adjacent to an activating group) is 1. The van der Waals surface area contributed by atoms with Crippen LogP contribution in [-0.2, 0) is 6.54 Å². The molecule has 1 aromatic carbocycles. The number of halogens is 1. The van der Waals surface area contributed by atoms with E-state index in [4.69, 9.17) is 11.6 Å². The lowest BCUT2D eigenvalue weighted by Gasteiger charge is -2.27. The Morgan fingerprint density at radius 1 is 1.45 bits per heavy atom. The molecule has 20 heavy (non-hydrogen) atoms. The van der Waals surface area contributed by atoms with Gasteiger partial charge in [-0.15, -0.1) is 0 Å². The maximum Gasteiger partial charge on any atom is 0.288 e. The summed E-state index contributed by atoms with van der Waals surface area (Å²) in [4.78, 5) is 15.2. The Kier molecular flexibility index (Phi) is 4.96. The van der Waals surface area contributed by atoms with E-state index in [0.717, 1.165) is 38.2 Å². The summed E-state index contributed by atoms with van der Waals surface area (Å²) < 4.78 is 0. The van der Waals surface area contributed by atoms with Crippen LogP contribution in [0.15, 0.2) is 18.2 Å². The zero-order valence-corrected chi connectivity index (χ0v) is 12.6. The van der Waals surface area contributed by atoms with Crippen molar-refractivity contribution in [1.29, 1.82) is 0 Å². The van der Waals surface area contributed by atoms with Crippen molar-refractivity contribution in [2.45, 2.75) is 25.9 Å². The molecule has 0 saturated carbocycles. The summed E-state index contributed by atoms with van der Waals surface area (Å²) in [5.74, 6) is 0. The molecule has 0 aromatic heterocycles. The van der Waals surface area contributed by atoms with Gasteiger partial charge in [0.15, 0.2) is 0 Å². The SMILES string of the molecule is CC1CN(C)CCCN1Cc1ccc(Cl)c([N+](=O)[O-])c1. The fourth-order valence-corrected chi connectivity index (χ4v) is 2.87. The molecule has 6 heteroatoms.